The van der Waals surface area contributed by atoms with Crippen LogP contribution in [0.1, 0.15) is 45.7 Å². The van der Waals surface area contributed by atoms with Gasteiger partial charge in [0.15, 0.2) is 8.32 Å². The molecule has 0 unspecified atom stereocenters. The SMILES string of the molecule is CC(C)(CO[Si](C)(C)C(C)(C)C)c1ccc(CBr)cc1. The molecular weight excluding hydrogens is 328 g/mol. The highest BCUT2D eigenvalue weighted by atomic mass is 79.9. The van der Waals surface area contributed by atoms with Crippen LogP contribution in [0.5, 0.6) is 0 Å². The molecule has 0 fully saturated rings. The van der Waals surface area contributed by atoms with Gasteiger partial charge in [-0.05, 0) is 29.3 Å². The van der Waals surface area contributed by atoms with Crippen molar-refractivity contribution < 1.29 is 4.43 Å². The summed E-state index contributed by atoms with van der Waals surface area (Å²) < 4.78 is 6.40. The van der Waals surface area contributed by atoms with Crippen molar-refractivity contribution in [1.82, 2.24) is 0 Å². The van der Waals surface area contributed by atoms with Crippen molar-refractivity contribution in [2.45, 2.75) is 63.5 Å². The van der Waals surface area contributed by atoms with E-state index in [2.05, 4.69) is 87.9 Å². The van der Waals surface area contributed by atoms with E-state index in [1.807, 2.05) is 0 Å². The van der Waals surface area contributed by atoms with Crippen LogP contribution in [0.4, 0.5) is 0 Å². The van der Waals surface area contributed by atoms with Crippen molar-refractivity contribution in [3.05, 3.63) is 35.4 Å². The fourth-order valence-corrected chi connectivity index (χ4v) is 3.23. The van der Waals surface area contributed by atoms with Gasteiger partial charge < -0.3 is 4.43 Å². The standard InChI is InChI=1S/C17H29BrOSi/c1-16(2,3)20(6,7)19-13-17(4,5)15-10-8-14(12-18)9-11-15/h8-11H,12-13H2,1-7H3. The Hall–Kier alpha value is -0.123. The molecule has 0 saturated heterocycles. The molecule has 1 aromatic rings. The van der Waals surface area contributed by atoms with Crippen molar-refractivity contribution in [3.63, 3.8) is 0 Å². The van der Waals surface area contributed by atoms with E-state index in [4.69, 9.17) is 4.43 Å². The summed E-state index contributed by atoms with van der Waals surface area (Å²) >= 11 is 3.49. The molecule has 0 amide bonds. The second kappa shape index (κ2) is 6.33. The maximum absolute atomic E-state index is 6.40. The van der Waals surface area contributed by atoms with Crippen LogP contribution in [0, 0.1) is 0 Å². The third kappa shape index (κ3) is 4.44. The lowest BCUT2D eigenvalue weighted by atomic mass is 9.85. The first-order chi connectivity index (χ1) is 8.99. The van der Waals surface area contributed by atoms with Gasteiger partial charge in [0.05, 0.1) is 0 Å². The van der Waals surface area contributed by atoms with Crippen LogP contribution in [0.3, 0.4) is 0 Å². The van der Waals surface area contributed by atoms with E-state index in [1.54, 1.807) is 0 Å². The predicted molar refractivity (Wildman–Crippen MR) is 95.2 cm³/mol. The summed E-state index contributed by atoms with van der Waals surface area (Å²) in [4.78, 5) is 0. The second-order valence-corrected chi connectivity index (χ2v) is 13.1. The normalized spacial score (nSPS) is 13.6. The van der Waals surface area contributed by atoms with Gasteiger partial charge in [-0.2, -0.15) is 0 Å². The first-order valence-electron chi connectivity index (χ1n) is 7.29. The van der Waals surface area contributed by atoms with Gasteiger partial charge in [0.2, 0.25) is 0 Å². The lowest BCUT2D eigenvalue weighted by Crippen LogP contribution is -2.43. The van der Waals surface area contributed by atoms with Crippen LogP contribution in [-0.4, -0.2) is 14.9 Å². The summed E-state index contributed by atoms with van der Waals surface area (Å²) in [6, 6.07) is 8.84. The molecule has 114 valence electrons. The van der Waals surface area contributed by atoms with E-state index in [-0.39, 0.29) is 10.5 Å². The quantitative estimate of drug-likeness (QED) is 0.472. The van der Waals surface area contributed by atoms with Crippen LogP contribution in [0.2, 0.25) is 18.1 Å². The van der Waals surface area contributed by atoms with Crippen LogP contribution >= 0.6 is 15.9 Å². The number of hydrogen-bond donors (Lipinski definition) is 0. The van der Waals surface area contributed by atoms with Gasteiger partial charge >= 0.3 is 0 Å². The average molecular weight is 357 g/mol. The van der Waals surface area contributed by atoms with Gasteiger partial charge in [0.25, 0.3) is 0 Å². The minimum atomic E-state index is -1.67. The largest absolute Gasteiger partial charge is 0.416 e. The number of rotatable bonds is 5. The first kappa shape index (κ1) is 17.9. The Balaban J connectivity index is 2.79. The highest BCUT2D eigenvalue weighted by Gasteiger charge is 2.38. The van der Waals surface area contributed by atoms with Crippen molar-refractivity contribution in [2.75, 3.05) is 6.61 Å². The molecule has 0 N–H and O–H groups in total. The van der Waals surface area contributed by atoms with E-state index in [1.165, 1.54) is 11.1 Å². The molecule has 3 heteroatoms. The minimum Gasteiger partial charge on any atom is -0.416 e. The van der Waals surface area contributed by atoms with E-state index >= 15 is 0 Å². The van der Waals surface area contributed by atoms with Gasteiger partial charge in [0, 0.05) is 17.4 Å². The molecule has 0 radical (unpaired) electrons. The van der Waals surface area contributed by atoms with E-state index < -0.39 is 8.32 Å². The number of halogens is 1. The zero-order chi connectivity index (χ0) is 15.6. The fraction of sp³-hybridized carbons (Fsp3) is 0.647. The van der Waals surface area contributed by atoms with E-state index in [0.717, 1.165) is 11.9 Å². The molecule has 0 saturated carbocycles. The van der Waals surface area contributed by atoms with Gasteiger partial charge in [-0.1, -0.05) is 74.8 Å². The Kier molecular flexibility index (Phi) is 5.67. The Labute approximate surface area is 134 Å². The van der Waals surface area contributed by atoms with Crippen molar-refractivity contribution >= 4 is 24.2 Å². The van der Waals surface area contributed by atoms with Gasteiger partial charge in [0.1, 0.15) is 0 Å². The molecule has 0 aliphatic carbocycles. The van der Waals surface area contributed by atoms with E-state index in [0.29, 0.717) is 0 Å². The molecule has 1 aromatic carbocycles. The zero-order valence-electron chi connectivity index (χ0n) is 14.0. The van der Waals surface area contributed by atoms with Crippen molar-refractivity contribution in [3.8, 4) is 0 Å². The molecule has 0 aliphatic rings. The van der Waals surface area contributed by atoms with Crippen LogP contribution < -0.4 is 0 Å². The van der Waals surface area contributed by atoms with Gasteiger partial charge in [-0.3, -0.25) is 0 Å². The second-order valence-electron chi connectivity index (χ2n) is 7.76. The third-order valence-corrected chi connectivity index (χ3v) is 9.62. The Morgan fingerprint density at radius 2 is 1.50 bits per heavy atom. The Bertz CT molecular complexity index is 429. The molecule has 0 heterocycles. The summed E-state index contributed by atoms with van der Waals surface area (Å²) in [5, 5.41) is 1.18. The Morgan fingerprint density at radius 3 is 1.90 bits per heavy atom. The summed E-state index contributed by atoms with van der Waals surface area (Å²) in [7, 11) is -1.67. The van der Waals surface area contributed by atoms with Gasteiger partial charge in [-0.25, -0.2) is 0 Å². The molecule has 1 rings (SSSR count). The molecule has 0 aromatic heterocycles. The number of benzene rings is 1. The topological polar surface area (TPSA) is 9.23 Å². The highest BCUT2D eigenvalue weighted by molar-refractivity contribution is 9.08. The molecule has 20 heavy (non-hydrogen) atoms. The third-order valence-electron chi connectivity index (χ3n) is 4.49. The molecule has 0 spiro atoms. The van der Waals surface area contributed by atoms with Crippen LogP contribution in [-0.2, 0) is 15.2 Å². The summed E-state index contributed by atoms with van der Waals surface area (Å²) in [6.07, 6.45) is 0. The first-order valence-corrected chi connectivity index (χ1v) is 11.3. The van der Waals surface area contributed by atoms with E-state index in [9.17, 15) is 0 Å². The maximum atomic E-state index is 6.40. The van der Waals surface area contributed by atoms with Crippen LogP contribution in [0.15, 0.2) is 24.3 Å². The van der Waals surface area contributed by atoms with Crippen molar-refractivity contribution in [2.24, 2.45) is 0 Å². The lowest BCUT2D eigenvalue weighted by molar-refractivity contribution is 0.220. The predicted octanol–water partition coefficient (Wildman–Crippen LogP) is 5.88. The molecule has 1 nitrogen and oxygen atoms in total. The Morgan fingerprint density at radius 1 is 1.00 bits per heavy atom. The maximum Gasteiger partial charge on any atom is 0.192 e. The molecular formula is C17H29BrOSi. The number of alkyl halides is 1. The van der Waals surface area contributed by atoms with Gasteiger partial charge in [-0.15, -0.1) is 0 Å². The smallest absolute Gasteiger partial charge is 0.192 e. The minimum absolute atomic E-state index is 0.0559. The zero-order valence-corrected chi connectivity index (χ0v) is 16.6. The molecule has 0 aliphatic heterocycles. The molecule has 0 bridgehead atoms. The lowest BCUT2D eigenvalue weighted by Gasteiger charge is -2.39. The monoisotopic (exact) mass is 356 g/mol. The highest BCUT2D eigenvalue weighted by Crippen LogP contribution is 2.38. The summed E-state index contributed by atoms with van der Waals surface area (Å²) in [6.45, 7) is 16.8. The number of hydrogen-bond acceptors (Lipinski definition) is 1. The molecule has 0 atom stereocenters. The van der Waals surface area contributed by atoms with Crippen molar-refractivity contribution in [1.29, 1.82) is 0 Å². The summed E-state index contributed by atoms with van der Waals surface area (Å²) in [5.74, 6) is 0. The fourth-order valence-electron chi connectivity index (χ4n) is 1.71. The average Bonchev–Trinajstić information content (AvgIpc) is 2.35. The van der Waals surface area contributed by atoms with Crippen LogP contribution in [0.25, 0.3) is 0 Å². The summed E-state index contributed by atoms with van der Waals surface area (Å²) in [5.41, 5.74) is 2.72.